The van der Waals surface area contributed by atoms with Gasteiger partial charge in [0, 0.05) is 0 Å². The number of aromatic nitrogens is 1. The van der Waals surface area contributed by atoms with E-state index in [1.807, 2.05) is 24.3 Å². The first-order chi connectivity index (χ1) is 13.5. The SMILES string of the molecule is COc1ccccc1-c1nc(C)c(C(=O)N/N=C/c2ccc(C(=O)O)cc2)s1. The zero-order valence-electron chi connectivity index (χ0n) is 15.2. The lowest BCUT2D eigenvalue weighted by Crippen LogP contribution is -2.17. The fourth-order valence-electron chi connectivity index (χ4n) is 2.47. The lowest BCUT2D eigenvalue weighted by molar-refractivity contribution is 0.0696. The molecule has 0 saturated carbocycles. The molecule has 3 aromatic rings. The van der Waals surface area contributed by atoms with E-state index in [2.05, 4.69) is 15.5 Å². The third-order valence-corrected chi connectivity index (χ3v) is 5.07. The van der Waals surface area contributed by atoms with E-state index in [9.17, 15) is 9.59 Å². The minimum Gasteiger partial charge on any atom is -0.496 e. The molecule has 2 aromatic carbocycles. The van der Waals surface area contributed by atoms with Gasteiger partial charge in [-0.3, -0.25) is 4.79 Å². The van der Waals surface area contributed by atoms with Gasteiger partial charge in [-0.2, -0.15) is 5.10 Å². The summed E-state index contributed by atoms with van der Waals surface area (Å²) in [6, 6.07) is 13.6. The average molecular weight is 395 g/mol. The highest BCUT2D eigenvalue weighted by Gasteiger charge is 2.17. The summed E-state index contributed by atoms with van der Waals surface area (Å²) in [5.74, 6) is -0.677. The minimum atomic E-state index is -0.997. The van der Waals surface area contributed by atoms with E-state index in [1.54, 1.807) is 26.2 Å². The highest BCUT2D eigenvalue weighted by molar-refractivity contribution is 7.17. The maximum Gasteiger partial charge on any atom is 0.335 e. The second-order valence-electron chi connectivity index (χ2n) is 5.76. The van der Waals surface area contributed by atoms with Crippen LogP contribution in [-0.4, -0.2) is 35.3 Å². The van der Waals surface area contributed by atoms with Gasteiger partial charge in [-0.25, -0.2) is 15.2 Å². The summed E-state index contributed by atoms with van der Waals surface area (Å²) in [4.78, 5) is 28.2. The Bertz CT molecular complexity index is 1040. The van der Waals surface area contributed by atoms with Crippen molar-refractivity contribution in [3.8, 4) is 16.3 Å². The number of ether oxygens (including phenoxy) is 1. The number of methoxy groups -OCH3 is 1. The Morgan fingerprint density at radius 3 is 2.57 bits per heavy atom. The van der Waals surface area contributed by atoms with Crippen LogP contribution in [0.3, 0.4) is 0 Å². The van der Waals surface area contributed by atoms with Crippen LogP contribution < -0.4 is 10.2 Å². The van der Waals surface area contributed by atoms with Crippen LogP contribution in [-0.2, 0) is 0 Å². The van der Waals surface area contributed by atoms with E-state index in [4.69, 9.17) is 9.84 Å². The van der Waals surface area contributed by atoms with Crippen molar-refractivity contribution < 1.29 is 19.4 Å². The molecular formula is C20H17N3O4S. The number of rotatable bonds is 6. The quantitative estimate of drug-likeness (QED) is 0.491. The molecule has 7 nitrogen and oxygen atoms in total. The summed E-state index contributed by atoms with van der Waals surface area (Å²) in [5, 5.41) is 13.5. The van der Waals surface area contributed by atoms with Crippen molar-refractivity contribution in [2.24, 2.45) is 5.10 Å². The van der Waals surface area contributed by atoms with E-state index in [0.29, 0.717) is 26.9 Å². The number of hydrogen-bond donors (Lipinski definition) is 2. The fraction of sp³-hybridized carbons (Fsp3) is 0.100. The third-order valence-electron chi connectivity index (χ3n) is 3.88. The number of aromatic carboxylic acids is 1. The van der Waals surface area contributed by atoms with Crippen molar-refractivity contribution in [2.75, 3.05) is 7.11 Å². The van der Waals surface area contributed by atoms with Crippen LogP contribution in [0.15, 0.2) is 53.6 Å². The molecule has 2 N–H and O–H groups in total. The molecule has 3 rings (SSSR count). The number of carboxylic acids is 1. The number of carbonyl (C=O) groups excluding carboxylic acids is 1. The molecule has 28 heavy (non-hydrogen) atoms. The van der Waals surface area contributed by atoms with Crippen molar-refractivity contribution in [1.82, 2.24) is 10.4 Å². The van der Waals surface area contributed by atoms with E-state index in [-0.39, 0.29) is 11.5 Å². The van der Waals surface area contributed by atoms with Crippen LogP contribution in [0.5, 0.6) is 5.75 Å². The number of nitrogens with zero attached hydrogens (tertiary/aromatic N) is 2. The lowest BCUT2D eigenvalue weighted by atomic mass is 10.1. The Morgan fingerprint density at radius 2 is 1.89 bits per heavy atom. The summed E-state index contributed by atoms with van der Waals surface area (Å²) in [7, 11) is 1.59. The van der Waals surface area contributed by atoms with Gasteiger partial charge < -0.3 is 9.84 Å². The summed E-state index contributed by atoms with van der Waals surface area (Å²) in [6.07, 6.45) is 1.45. The number of hydrazone groups is 1. The molecule has 1 aromatic heterocycles. The molecule has 0 aliphatic heterocycles. The molecule has 0 unspecified atom stereocenters. The summed E-state index contributed by atoms with van der Waals surface area (Å²) in [6.45, 7) is 1.76. The monoisotopic (exact) mass is 395 g/mol. The van der Waals surface area contributed by atoms with Gasteiger partial charge in [-0.15, -0.1) is 11.3 Å². The number of thiazole rings is 1. The van der Waals surface area contributed by atoms with Gasteiger partial charge in [0.1, 0.15) is 15.6 Å². The third kappa shape index (κ3) is 4.24. The van der Waals surface area contributed by atoms with Crippen LogP contribution in [0.25, 0.3) is 10.6 Å². The van der Waals surface area contributed by atoms with Crippen molar-refractivity contribution >= 4 is 29.4 Å². The average Bonchev–Trinajstić information content (AvgIpc) is 3.10. The van der Waals surface area contributed by atoms with Crippen LogP contribution in [0.4, 0.5) is 0 Å². The van der Waals surface area contributed by atoms with Gasteiger partial charge in [-0.1, -0.05) is 24.3 Å². The number of nitrogens with one attached hydrogen (secondary N) is 1. The number of hydrogen-bond acceptors (Lipinski definition) is 6. The molecule has 0 fully saturated rings. The van der Waals surface area contributed by atoms with Crippen molar-refractivity contribution in [2.45, 2.75) is 6.92 Å². The highest BCUT2D eigenvalue weighted by atomic mass is 32.1. The zero-order valence-corrected chi connectivity index (χ0v) is 16.0. The number of amides is 1. The smallest absolute Gasteiger partial charge is 0.335 e. The number of aryl methyl sites for hydroxylation is 1. The zero-order chi connectivity index (χ0) is 20.1. The van der Waals surface area contributed by atoms with Gasteiger partial charge >= 0.3 is 5.97 Å². The molecule has 0 radical (unpaired) electrons. The largest absolute Gasteiger partial charge is 0.496 e. The van der Waals surface area contributed by atoms with E-state index in [0.717, 1.165) is 5.56 Å². The Balaban J connectivity index is 1.73. The number of benzene rings is 2. The predicted octanol–water partition coefficient (Wildman–Crippen LogP) is 3.59. The highest BCUT2D eigenvalue weighted by Crippen LogP contribution is 2.34. The fourth-order valence-corrected chi connectivity index (χ4v) is 3.46. The van der Waals surface area contributed by atoms with Gasteiger partial charge in [0.25, 0.3) is 5.91 Å². The van der Waals surface area contributed by atoms with Gasteiger partial charge in [0.2, 0.25) is 0 Å². The Hall–Kier alpha value is -3.52. The lowest BCUT2D eigenvalue weighted by Gasteiger charge is -2.04. The van der Waals surface area contributed by atoms with Gasteiger partial charge in [0.15, 0.2) is 0 Å². The molecule has 0 aliphatic rings. The normalized spacial score (nSPS) is 10.8. The van der Waals surface area contributed by atoms with Crippen LogP contribution in [0.1, 0.15) is 31.3 Å². The molecule has 1 heterocycles. The second kappa shape index (κ2) is 8.45. The van der Waals surface area contributed by atoms with E-state index >= 15 is 0 Å². The number of carbonyl (C=O) groups is 2. The van der Waals surface area contributed by atoms with Gasteiger partial charge in [0.05, 0.1) is 30.1 Å². The standard InChI is InChI=1S/C20H17N3O4S/c1-12-17(28-19(22-12)15-5-3-4-6-16(15)27-2)18(24)23-21-11-13-7-9-14(10-8-13)20(25)26/h3-11H,1-2H3,(H,23,24)(H,25,26)/b21-11+. The van der Waals surface area contributed by atoms with Crippen molar-refractivity contribution in [1.29, 1.82) is 0 Å². The molecule has 142 valence electrons. The maximum absolute atomic E-state index is 12.4. The minimum absolute atomic E-state index is 0.185. The number of carboxylic acid groups (broad SMARTS) is 1. The number of para-hydroxylation sites is 1. The van der Waals surface area contributed by atoms with Crippen molar-refractivity contribution in [3.05, 3.63) is 70.2 Å². The van der Waals surface area contributed by atoms with Crippen LogP contribution >= 0.6 is 11.3 Å². The molecule has 8 heteroatoms. The predicted molar refractivity (Wildman–Crippen MR) is 107 cm³/mol. The van der Waals surface area contributed by atoms with Crippen LogP contribution in [0.2, 0.25) is 0 Å². The van der Waals surface area contributed by atoms with E-state index < -0.39 is 5.97 Å². The molecule has 1 amide bonds. The molecular weight excluding hydrogens is 378 g/mol. The molecule has 0 atom stereocenters. The van der Waals surface area contributed by atoms with E-state index in [1.165, 1.54) is 29.7 Å². The summed E-state index contributed by atoms with van der Waals surface area (Å²) < 4.78 is 5.35. The first-order valence-electron chi connectivity index (χ1n) is 8.27. The van der Waals surface area contributed by atoms with Gasteiger partial charge in [-0.05, 0) is 36.8 Å². The molecule has 0 aliphatic carbocycles. The maximum atomic E-state index is 12.4. The van der Waals surface area contributed by atoms with Crippen LogP contribution in [0, 0.1) is 6.92 Å². The topological polar surface area (TPSA) is 101 Å². The molecule has 0 bridgehead atoms. The Morgan fingerprint density at radius 1 is 1.18 bits per heavy atom. The Labute approximate surface area is 165 Å². The first kappa shape index (κ1) is 19.2. The summed E-state index contributed by atoms with van der Waals surface area (Å²) >= 11 is 1.26. The Kier molecular flexibility index (Phi) is 5.81. The summed E-state index contributed by atoms with van der Waals surface area (Å²) in [5.41, 5.74) is 4.75. The molecule has 0 saturated heterocycles. The van der Waals surface area contributed by atoms with Crippen molar-refractivity contribution in [3.63, 3.8) is 0 Å². The second-order valence-corrected chi connectivity index (χ2v) is 6.76. The first-order valence-corrected chi connectivity index (χ1v) is 9.09. The molecule has 0 spiro atoms.